The van der Waals surface area contributed by atoms with Crippen LogP contribution in [0.3, 0.4) is 0 Å². The number of amides is 1. The van der Waals surface area contributed by atoms with E-state index in [4.69, 9.17) is 0 Å². The monoisotopic (exact) mass is 233 g/mol. The molecule has 2 aliphatic rings. The molecule has 0 aromatic heterocycles. The van der Waals surface area contributed by atoms with Crippen LogP contribution in [0.15, 0.2) is 24.8 Å². The van der Waals surface area contributed by atoms with Crippen LogP contribution in [0.25, 0.3) is 0 Å². The van der Waals surface area contributed by atoms with E-state index in [2.05, 4.69) is 32.6 Å². The summed E-state index contributed by atoms with van der Waals surface area (Å²) in [5, 5.41) is 0. The number of nitrogens with zero attached hydrogens (tertiary/aromatic N) is 1. The number of rotatable bonds is 1. The van der Waals surface area contributed by atoms with Gasteiger partial charge in [0.1, 0.15) is 0 Å². The van der Waals surface area contributed by atoms with Crippen molar-refractivity contribution in [2.24, 2.45) is 5.41 Å². The van der Waals surface area contributed by atoms with Crippen molar-refractivity contribution in [3.05, 3.63) is 24.8 Å². The molecule has 1 unspecified atom stereocenters. The van der Waals surface area contributed by atoms with Gasteiger partial charge in [0, 0.05) is 12.1 Å². The number of carbonyl (C=O) groups is 1. The molecule has 17 heavy (non-hydrogen) atoms. The third-order valence-electron chi connectivity index (χ3n) is 4.40. The van der Waals surface area contributed by atoms with E-state index in [0.717, 1.165) is 19.4 Å². The Labute approximate surface area is 104 Å². The average molecular weight is 233 g/mol. The first-order chi connectivity index (χ1) is 7.99. The summed E-state index contributed by atoms with van der Waals surface area (Å²) in [4.78, 5) is 13.8. The number of allylic oxidation sites excluding steroid dienone is 2. The molecule has 1 aliphatic heterocycles. The first-order valence-corrected chi connectivity index (χ1v) is 6.58. The highest BCUT2D eigenvalue weighted by atomic mass is 16.2. The fourth-order valence-corrected chi connectivity index (χ4v) is 3.60. The Morgan fingerprint density at radius 2 is 2.12 bits per heavy atom. The van der Waals surface area contributed by atoms with E-state index in [1.54, 1.807) is 0 Å². The number of likely N-dealkylation sites (tertiary alicyclic amines) is 1. The van der Waals surface area contributed by atoms with Crippen LogP contribution in [-0.4, -0.2) is 22.9 Å². The average Bonchev–Trinajstić information content (AvgIpc) is 2.28. The Bertz CT molecular complexity index is 356. The zero-order chi connectivity index (χ0) is 12.5. The molecule has 1 spiro atoms. The van der Waals surface area contributed by atoms with Gasteiger partial charge in [0.2, 0.25) is 5.91 Å². The Morgan fingerprint density at radius 1 is 1.35 bits per heavy atom. The minimum absolute atomic E-state index is 0.0330. The fraction of sp³-hybridized carbons (Fsp3) is 0.667. The van der Waals surface area contributed by atoms with Gasteiger partial charge in [-0.2, -0.15) is 0 Å². The number of carbonyl (C=O) groups excluding carboxylic acids is 1. The molecular formula is C15H23NO. The molecule has 0 saturated carbocycles. The summed E-state index contributed by atoms with van der Waals surface area (Å²) in [5.74, 6) is 0.0798. The molecule has 1 heterocycles. The molecule has 1 atom stereocenters. The smallest absolute Gasteiger partial charge is 0.246 e. The van der Waals surface area contributed by atoms with Crippen molar-refractivity contribution in [3.63, 3.8) is 0 Å². The molecular weight excluding hydrogens is 210 g/mol. The molecule has 1 aliphatic carbocycles. The van der Waals surface area contributed by atoms with Crippen LogP contribution in [0.5, 0.6) is 0 Å². The van der Waals surface area contributed by atoms with Crippen LogP contribution in [0.2, 0.25) is 0 Å². The summed E-state index contributed by atoms with van der Waals surface area (Å²) in [6.07, 6.45) is 12.0. The molecule has 2 rings (SSSR count). The Balaban J connectivity index is 2.15. The summed E-state index contributed by atoms with van der Waals surface area (Å²) < 4.78 is 0. The van der Waals surface area contributed by atoms with Gasteiger partial charge < -0.3 is 4.90 Å². The molecule has 2 heteroatoms. The molecule has 1 amide bonds. The summed E-state index contributed by atoms with van der Waals surface area (Å²) in [5.41, 5.74) is 0.408. The normalized spacial score (nSPS) is 31.5. The first-order valence-electron chi connectivity index (χ1n) is 6.58. The lowest BCUT2D eigenvalue weighted by atomic mass is 9.65. The topological polar surface area (TPSA) is 20.3 Å². The van der Waals surface area contributed by atoms with Crippen LogP contribution in [-0.2, 0) is 4.79 Å². The third-order valence-corrected chi connectivity index (χ3v) is 4.40. The van der Waals surface area contributed by atoms with Gasteiger partial charge in [0.25, 0.3) is 0 Å². The van der Waals surface area contributed by atoms with Gasteiger partial charge in [-0.1, -0.05) is 18.7 Å². The highest BCUT2D eigenvalue weighted by molar-refractivity contribution is 5.87. The van der Waals surface area contributed by atoms with Gasteiger partial charge in [-0.3, -0.25) is 4.79 Å². The second-order valence-corrected chi connectivity index (χ2v) is 6.15. The fourth-order valence-electron chi connectivity index (χ4n) is 3.60. The highest BCUT2D eigenvalue weighted by Gasteiger charge is 2.44. The number of hydrogen-bond acceptors (Lipinski definition) is 1. The van der Waals surface area contributed by atoms with E-state index in [9.17, 15) is 4.79 Å². The van der Waals surface area contributed by atoms with Crippen LogP contribution in [0, 0.1) is 5.41 Å². The van der Waals surface area contributed by atoms with Gasteiger partial charge in [0.15, 0.2) is 0 Å². The van der Waals surface area contributed by atoms with Gasteiger partial charge in [0.05, 0.1) is 0 Å². The second kappa shape index (κ2) is 4.32. The Hall–Kier alpha value is -1.05. The predicted molar refractivity (Wildman–Crippen MR) is 70.6 cm³/mol. The molecule has 0 aromatic carbocycles. The minimum Gasteiger partial charge on any atom is -0.334 e. The largest absolute Gasteiger partial charge is 0.334 e. The molecule has 94 valence electrons. The van der Waals surface area contributed by atoms with Crippen LogP contribution in [0.4, 0.5) is 0 Å². The molecule has 1 saturated heterocycles. The molecule has 0 N–H and O–H groups in total. The summed E-state index contributed by atoms with van der Waals surface area (Å²) in [6.45, 7) is 8.86. The maximum Gasteiger partial charge on any atom is 0.246 e. The summed E-state index contributed by atoms with van der Waals surface area (Å²) in [6, 6.07) is 0. The van der Waals surface area contributed by atoms with Crippen molar-refractivity contribution in [3.8, 4) is 0 Å². The Kier molecular flexibility index (Phi) is 3.15. The van der Waals surface area contributed by atoms with Crippen molar-refractivity contribution in [1.82, 2.24) is 4.90 Å². The molecule has 2 nitrogen and oxygen atoms in total. The summed E-state index contributed by atoms with van der Waals surface area (Å²) in [7, 11) is 0. The van der Waals surface area contributed by atoms with Crippen LogP contribution < -0.4 is 0 Å². The molecule has 0 bridgehead atoms. The van der Waals surface area contributed by atoms with Gasteiger partial charge >= 0.3 is 0 Å². The lowest BCUT2D eigenvalue weighted by Crippen LogP contribution is -2.55. The number of piperidine rings is 1. The predicted octanol–water partition coefficient (Wildman–Crippen LogP) is 3.30. The second-order valence-electron chi connectivity index (χ2n) is 6.15. The standard InChI is InChI=1S/C15H23NO/c1-4-13(17)16-11-10-15(12-14(16,2)3)8-6-5-7-9-15/h4-6H,1,7-12H2,2-3H3. The van der Waals surface area contributed by atoms with E-state index in [0.29, 0.717) is 5.41 Å². The zero-order valence-corrected chi connectivity index (χ0v) is 11.0. The lowest BCUT2D eigenvalue weighted by Gasteiger charge is -2.52. The van der Waals surface area contributed by atoms with E-state index in [1.807, 2.05) is 4.90 Å². The van der Waals surface area contributed by atoms with E-state index in [-0.39, 0.29) is 11.4 Å². The quantitative estimate of drug-likeness (QED) is 0.502. The Morgan fingerprint density at radius 3 is 2.65 bits per heavy atom. The van der Waals surface area contributed by atoms with E-state index >= 15 is 0 Å². The molecule has 0 aromatic rings. The maximum absolute atomic E-state index is 11.8. The number of hydrogen-bond donors (Lipinski definition) is 0. The van der Waals surface area contributed by atoms with Crippen LogP contribution in [0.1, 0.15) is 46.0 Å². The SMILES string of the molecule is C=CC(=O)N1CCC2(CC=CCC2)CC1(C)C. The molecule has 1 fully saturated rings. The van der Waals surface area contributed by atoms with Gasteiger partial charge in [-0.25, -0.2) is 0 Å². The van der Waals surface area contributed by atoms with E-state index < -0.39 is 0 Å². The van der Waals surface area contributed by atoms with Crippen molar-refractivity contribution < 1.29 is 4.79 Å². The van der Waals surface area contributed by atoms with E-state index in [1.165, 1.54) is 25.3 Å². The summed E-state index contributed by atoms with van der Waals surface area (Å²) >= 11 is 0. The van der Waals surface area contributed by atoms with Crippen molar-refractivity contribution in [1.29, 1.82) is 0 Å². The first kappa shape index (κ1) is 12.4. The third kappa shape index (κ3) is 2.31. The van der Waals surface area contributed by atoms with Crippen molar-refractivity contribution in [2.45, 2.75) is 51.5 Å². The highest BCUT2D eigenvalue weighted by Crippen LogP contribution is 2.47. The minimum atomic E-state index is -0.0330. The van der Waals surface area contributed by atoms with Crippen LogP contribution >= 0.6 is 0 Å². The van der Waals surface area contributed by atoms with Crippen molar-refractivity contribution in [2.75, 3.05) is 6.54 Å². The maximum atomic E-state index is 11.8. The lowest BCUT2D eigenvalue weighted by molar-refractivity contribution is -0.136. The zero-order valence-electron chi connectivity index (χ0n) is 11.0. The van der Waals surface area contributed by atoms with Gasteiger partial charge in [-0.15, -0.1) is 0 Å². The molecule has 0 radical (unpaired) electrons. The van der Waals surface area contributed by atoms with Crippen molar-refractivity contribution >= 4 is 5.91 Å². The van der Waals surface area contributed by atoms with Gasteiger partial charge in [-0.05, 0) is 57.4 Å².